The van der Waals surface area contributed by atoms with Crippen LogP contribution in [0.3, 0.4) is 0 Å². The highest BCUT2D eigenvalue weighted by molar-refractivity contribution is 5.78. The molecule has 10 N–H and O–H groups in total. The van der Waals surface area contributed by atoms with E-state index in [9.17, 15) is 14.4 Å². The van der Waals surface area contributed by atoms with Gasteiger partial charge in [0.1, 0.15) is 13.2 Å². The monoisotopic (exact) mass is 504 g/mol. The minimum atomic E-state index is -1.41. The molecular weight excluding hydrogens is 456 g/mol. The number of alkyl carbamates (subject to hydrolysis) is 1. The van der Waals surface area contributed by atoms with Crippen molar-refractivity contribution in [3.63, 3.8) is 0 Å². The predicted molar refractivity (Wildman–Crippen MR) is 135 cm³/mol. The Morgan fingerprint density at radius 2 is 1.20 bits per heavy atom. The molecule has 0 aliphatic heterocycles. The number of nitrogens with two attached hydrogens (primary N) is 3. The highest BCUT2D eigenvalue weighted by Gasteiger charge is 2.18. The molecule has 0 aliphatic rings. The topological polar surface area (TPSA) is 204 Å². The number of hydrogen-bond acceptors (Lipinski definition) is 9. The summed E-state index contributed by atoms with van der Waals surface area (Å²) in [6.07, 6.45) is 7.51. The lowest BCUT2D eigenvalue weighted by atomic mass is 10.1. The summed E-state index contributed by atoms with van der Waals surface area (Å²) < 4.78 is 9.91. The van der Waals surface area contributed by atoms with E-state index in [4.69, 9.17) is 27.0 Å². The Balaban J connectivity index is 4.44. The van der Waals surface area contributed by atoms with Gasteiger partial charge in [-0.05, 0) is 64.7 Å². The lowest BCUT2D eigenvalue weighted by Crippen LogP contribution is -2.45. The number of unbranched alkanes of at least 4 members (excludes halogenated alkanes) is 6. The predicted octanol–water partition coefficient (Wildman–Crippen LogP) is 1.02. The molecule has 206 valence electrons. The summed E-state index contributed by atoms with van der Waals surface area (Å²) in [5.41, 5.74) is 16.5. The molecule has 35 heavy (non-hydrogen) atoms. The molecule has 0 rings (SSSR count). The van der Waals surface area contributed by atoms with Gasteiger partial charge in [-0.2, -0.15) is 0 Å². The molecule has 12 heteroatoms. The zero-order chi connectivity index (χ0) is 26.2. The highest BCUT2D eigenvalue weighted by Crippen LogP contribution is 2.05. The largest absolute Gasteiger partial charge is 0.505 e. The molecule has 0 saturated heterocycles. The molecule has 2 atom stereocenters. The van der Waals surface area contributed by atoms with E-state index >= 15 is 0 Å². The molecule has 0 aromatic heterocycles. The molecule has 0 saturated carbocycles. The second-order valence-electron chi connectivity index (χ2n) is 8.58. The fraction of sp³-hybridized carbons (Fsp3) is 0.870. The van der Waals surface area contributed by atoms with Crippen LogP contribution in [-0.4, -0.2) is 81.3 Å². The van der Waals surface area contributed by atoms with Crippen LogP contribution in [0.4, 0.5) is 9.59 Å². The van der Waals surface area contributed by atoms with Crippen LogP contribution in [0.15, 0.2) is 0 Å². The van der Waals surface area contributed by atoms with E-state index < -0.39 is 18.3 Å². The summed E-state index contributed by atoms with van der Waals surface area (Å²) in [6.45, 7) is 2.55. The second kappa shape index (κ2) is 23.6. The standard InChI is InChI=1S/C23H48N6O6/c24-12-6-2-1-3-9-15-27-16-21(30)28-19(10-4-7-13-25)17-34-22(31)29-20(11-5-8-14-26)18-35-23(32)33/h19-20,27H,1-18,24-26H2,(H,28,30)(H,29,31)(H,32,33)/t19-,20-/m0/s1. The van der Waals surface area contributed by atoms with Crippen LogP contribution in [0, 0.1) is 0 Å². The maximum absolute atomic E-state index is 12.3. The second-order valence-corrected chi connectivity index (χ2v) is 8.58. The van der Waals surface area contributed by atoms with Gasteiger partial charge in [0.25, 0.3) is 0 Å². The number of amides is 2. The Labute approximate surface area is 209 Å². The zero-order valence-electron chi connectivity index (χ0n) is 21.1. The van der Waals surface area contributed by atoms with Crippen molar-refractivity contribution in [3.8, 4) is 0 Å². The van der Waals surface area contributed by atoms with Gasteiger partial charge in [0, 0.05) is 0 Å². The maximum atomic E-state index is 12.3. The molecule has 12 nitrogen and oxygen atoms in total. The molecule has 0 fully saturated rings. The van der Waals surface area contributed by atoms with Crippen molar-refractivity contribution < 1.29 is 29.0 Å². The molecule has 0 unspecified atom stereocenters. The molecule has 2 amide bonds. The Hall–Kier alpha value is -2.15. The van der Waals surface area contributed by atoms with Crippen molar-refractivity contribution >= 4 is 18.2 Å². The number of ether oxygens (including phenoxy) is 2. The minimum absolute atomic E-state index is 0.00139. The zero-order valence-corrected chi connectivity index (χ0v) is 21.1. The van der Waals surface area contributed by atoms with E-state index in [1.807, 2.05) is 0 Å². The first-order valence-corrected chi connectivity index (χ1v) is 12.8. The average molecular weight is 505 g/mol. The van der Waals surface area contributed by atoms with Crippen LogP contribution >= 0.6 is 0 Å². The first kappa shape index (κ1) is 32.8. The fourth-order valence-corrected chi connectivity index (χ4v) is 3.43. The van der Waals surface area contributed by atoms with Gasteiger partial charge < -0.3 is 47.7 Å². The Kier molecular flexibility index (Phi) is 22.1. The van der Waals surface area contributed by atoms with Crippen molar-refractivity contribution in [3.05, 3.63) is 0 Å². The lowest BCUT2D eigenvalue weighted by molar-refractivity contribution is -0.121. The van der Waals surface area contributed by atoms with Crippen molar-refractivity contribution in [1.82, 2.24) is 16.0 Å². The van der Waals surface area contributed by atoms with Crippen LogP contribution in [0.25, 0.3) is 0 Å². The number of carboxylic acid groups (broad SMARTS) is 1. The van der Waals surface area contributed by atoms with Gasteiger partial charge in [-0.1, -0.05) is 32.1 Å². The van der Waals surface area contributed by atoms with Gasteiger partial charge >= 0.3 is 12.2 Å². The summed E-state index contributed by atoms with van der Waals surface area (Å²) in [6, 6.07) is -0.862. The fourth-order valence-electron chi connectivity index (χ4n) is 3.43. The number of hydrogen-bond donors (Lipinski definition) is 7. The summed E-state index contributed by atoms with van der Waals surface area (Å²) in [5.74, 6) is -0.163. The Morgan fingerprint density at radius 3 is 1.80 bits per heavy atom. The van der Waals surface area contributed by atoms with Crippen molar-refractivity contribution in [2.75, 3.05) is 45.9 Å². The van der Waals surface area contributed by atoms with Gasteiger partial charge in [-0.3, -0.25) is 4.79 Å². The molecule has 0 bridgehead atoms. The molecule has 0 heterocycles. The summed E-state index contributed by atoms with van der Waals surface area (Å²) >= 11 is 0. The lowest BCUT2D eigenvalue weighted by Gasteiger charge is -2.21. The van der Waals surface area contributed by atoms with Crippen LogP contribution in [0.1, 0.15) is 70.6 Å². The third-order valence-corrected chi connectivity index (χ3v) is 5.37. The molecule has 0 spiro atoms. The Morgan fingerprint density at radius 1 is 0.686 bits per heavy atom. The van der Waals surface area contributed by atoms with Crippen molar-refractivity contribution in [1.29, 1.82) is 0 Å². The first-order valence-electron chi connectivity index (χ1n) is 12.8. The Bertz CT molecular complexity index is 555. The van der Waals surface area contributed by atoms with Crippen molar-refractivity contribution in [2.24, 2.45) is 17.2 Å². The normalized spacial score (nSPS) is 12.5. The quantitative estimate of drug-likeness (QED) is 0.0777. The van der Waals surface area contributed by atoms with E-state index in [1.165, 1.54) is 0 Å². The number of carbonyl (C=O) groups excluding carboxylic acids is 2. The van der Waals surface area contributed by atoms with Gasteiger partial charge in [0.05, 0.1) is 18.6 Å². The third kappa shape index (κ3) is 22.1. The molecular formula is C23H48N6O6. The van der Waals surface area contributed by atoms with E-state index in [2.05, 4.69) is 20.7 Å². The molecule has 0 radical (unpaired) electrons. The van der Waals surface area contributed by atoms with Crippen LogP contribution < -0.4 is 33.2 Å². The molecule has 0 aliphatic carbocycles. The minimum Gasteiger partial charge on any atom is -0.450 e. The number of rotatable bonds is 23. The van der Waals surface area contributed by atoms with E-state index in [0.717, 1.165) is 64.5 Å². The van der Waals surface area contributed by atoms with E-state index in [-0.39, 0.29) is 31.7 Å². The van der Waals surface area contributed by atoms with E-state index in [0.29, 0.717) is 32.4 Å². The smallest absolute Gasteiger partial charge is 0.450 e. The first-order chi connectivity index (χ1) is 16.9. The molecule has 0 aromatic carbocycles. The van der Waals surface area contributed by atoms with Gasteiger partial charge in [-0.15, -0.1) is 0 Å². The van der Waals surface area contributed by atoms with Crippen LogP contribution in [0.2, 0.25) is 0 Å². The average Bonchev–Trinajstić information content (AvgIpc) is 2.82. The van der Waals surface area contributed by atoms with E-state index in [1.54, 1.807) is 0 Å². The molecule has 0 aromatic rings. The van der Waals surface area contributed by atoms with Crippen molar-refractivity contribution in [2.45, 2.75) is 82.7 Å². The SMILES string of the molecule is NCCCCCCCNCC(=O)N[C@@H](CCCCN)COC(=O)N[C@@H](CCCCN)COC(=O)O. The van der Waals surface area contributed by atoms with Gasteiger partial charge in [-0.25, -0.2) is 9.59 Å². The number of nitrogens with one attached hydrogen (secondary N) is 3. The summed E-state index contributed by atoms with van der Waals surface area (Å²) in [7, 11) is 0. The van der Waals surface area contributed by atoms with Crippen LogP contribution in [0.5, 0.6) is 0 Å². The summed E-state index contributed by atoms with van der Waals surface area (Å²) in [4.78, 5) is 35.3. The van der Waals surface area contributed by atoms with Gasteiger partial charge in [0.2, 0.25) is 5.91 Å². The third-order valence-electron chi connectivity index (χ3n) is 5.37. The highest BCUT2D eigenvalue weighted by atomic mass is 16.7. The van der Waals surface area contributed by atoms with Gasteiger partial charge in [0.15, 0.2) is 0 Å². The van der Waals surface area contributed by atoms with Crippen LogP contribution in [-0.2, 0) is 14.3 Å². The number of carbonyl (C=O) groups is 3. The maximum Gasteiger partial charge on any atom is 0.505 e. The summed E-state index contributed by atoms with van der Waals surface area (Å²) in [5, 5.41) is 17.4.